The predicted molar refractivity (Wildman–Crippen MR) is 94.7 cm³/mol. The van der Waals surface area contributed by atoms with E-state index in [1.54, 1.807) is 0 Å². The molecule has 1 aromatic carbocycles. The van der Waals surface area contributed by atoms with Gasteiger partial charge in [0.05, 0.1) is 0 Å². The summed E-state index contributed by atoms with van der Waals surface area (Å²) in [6.07, 6.45) is 2.87. The number of amides is 2. The standard InChI is InChI=1S/C17H23FN2O5S/c18-13-4-6-14(7-5-13)19-16(22)11-26(24,25)12-17(23)20-9-2-1-3-15(20)8-10-21/h4-7,15,21H,1-3,8-12H2,(H,19,22). The molecule has 0 aromatic heterocycles. The Hall–Kier alpha value is -2.00. The van der Waals surface area contributed by atoms with Crippen molar-refractivity contribution < 1.29 is 27.5 Å². The van der Waals surface area contributed by atoms with E-state index in [9.17, 15) is 22.4 Å². The van der Waals surface area contributed by atoms with Crippen molar-refractivity contribution >= 4 is 27.3 Å². The highest BCUT2D eigenvalue weighted by Crippen LogP contribution is 2.20. The molecule has 1 aromatic rings. The second kappa shape index (κ2) is 9.09. The highest BCUT2D eigenvalue weighted by Gasteiger charge is 2.30. The van der Waals surface area contributed by atoms with Gasteiger partial charge < -0.3 is 15.3 Å². The molecule has 1 atom stereocenters. The van der Waals surface area contributed by atoms with Crippen LogP contribution >= 0.6 is 0 Å². The van der Waals surface area contributed by atoms with E-state index in [0.29, 0.717) is 13.0 Å². The Morgan fingerprint density at radius 2 is 1.88 bits per heavy atom. The van der Waals surface area contributed by atoms with E-state index in [1.165, 1.54) is 17.0 Å². The molecule has 0 saturated carbocycles. The number of rotatable bonds is 7. The Labute approximate surface area is 152 Å². The minimum atomic E-state index is -3.94. The van der Waals surface area contributed by atoms with E-state index < -0.39 is 39.0 Å². The number of likely N-dealkylation sites (tertiary alicyclic amines) is 1. The van der Waals surface area contributed by atoms with E-state index >= 15 is 0 Å². The van der Waals surface area contributed by atoms with Gasteiger partial charge in [-0.2, -0.15) is 0 Å². The molecule has 0 aliphatic carbocycles. The highest BCUT2D eigenvalue weighted by atomic mass is 32.2. The van der Waals surface area contributed by atoms with Gasteiger partial charge in [0.1, 0.15) is 17.3 Å². The van der Waals surface area contributed by atoms with E-state index in [2.05, 4.69) is 5.32 Å². The minimum absolute atomic E-state index is 0.0682. The average Bonchev–Trinajstić information content (AvgIpc) is 2.56. The van der Waals surface area contributed by atoms with Crippen LogP contribution in [0.5, 0.6) is 0 Å². The topological polar surface area (TPSA) is 104 Å². The number of sulfone groups is 1. The maximum atomic E-state index is 12.8. The van der Waals surface area contributed by atoms with Gasteiger partial charge in [0.15, 0.2) is 9.84 Å². The van der Waals surface area contributed by atoms with Crippen molar-refractivity contribution in [1.29, 1.82) is 0 Å². The second-order valence-electron chi connectivity index (χ2n) is 6.34. The Balaban J connectivity index is 1.93. The molecule has 0 spiro atoms. The van der Waals surface area contributed by atoms with Crippen molar-refractivity contribution in [2.75, 3.05) is 30.0 Å². The molecular weight excluding hydrogens is 363 g/mol. The molecule has 2 amide bonds. The second-order valence-corrected chi connectivity index (χ2v) is 8.40. The lowest BCUT2D eigenvalue weighted by atomic mass is 10.00. The number of nitrogens with one attached hydrogen (secondary N) is 1. The van der Waals surface area contributed by atoms with Gasteiger partial charge in [-0.1, -0.05) is 0 Å². The Bertz CT molecular complexity index is 734. The van der Waals surface area contributed by atoms with Crippen LogP contribution in [0.25, 0.3) is 0 Å². The fourth-order valence-electron chi connectivity index (χ4n) is 3.03. The molecule has 26 heavy (non-hydrogen) atoms. The molecule has 1 saturated heterocycles. The maximum Gasteiger partial charge on any atom is 0.239 e. The van der Waals surface area contributed by atoms with Crippen molar-refractivity contribution in [3.05, 3.63) is 30.1 Å². The summed E-state index contributed by atoms with van der Waals surface area (Å²) in [6.45, 7) is 0.391. The number of benzene rings is 1. The molecule has 2 N–H and O–H groups in total. The average molecular weight is 386 g/mol. The van der Waals surface area contributed by atoms with Crippen LogP contribution in [0.1, 0.15) is 25.7 Å². The van der Waals surface area contributed by atoms with Gasteiger partial charge in [0, 0.05) is 24.9 Å². The molecule has 1 aliphatic rings. The molecular formula is C17H23FN2O5S. The van der Waals surface area contributed by atoms with Crippen LogP contribution in [0.3, 0.4) is 0 Å². The summed E-state index contributed by atoms with van der Waals surface area (Å²) < 4.78 is 37.2. The maximum absolute atomic E-state index is 12.8. The third-order valence-corrected chi connectivity index (χ3v) is 5.62. The number of halogens is 1. The molecule has 7 nitrogen and oxygen atoms in total. The van der Waals surface area contributed by atoms with Gasteiger partial charge >= 0.3 is 0 Å². The van der Waals surface area contributed by atoms with Crippen LogP contribution in [0.2, 0.25) is 0 Å². The number of aliphatic hydroxyl groups excluding tert-OH is 1. The summed E-state index contributed by atoms with van der Waals surface area (Å²) in [7, 11) is -3.94. The van der Waals surface area contributed by atoms with E-state index in [4.69, 9.17) is 5.11 Å². The van der Waals surface area contributed by atoms with Crippen LogP contribution in [0, 0.1) is 5.82 Å². The lowest BCUT2D eigenvalue weighted by molar-refractivity contribution is -0.132. The molecule has 1 fully saturated rings. The summed E-state index contributed by atoms with van der Waals surface area (Å²) in [4.78, 5) is 25.8. The molecule has 0 radical (unpaired) electrons. The molecule has 1 aliphatic heterocycles. The number of anilines is 1. The first-order valence-electron chi connectivity index (χ1n) is 8.47. The quantitative estimate of drug-likeness (QED) is 0.726. The zero-order chi connectivity index (χ0) is 19.2. The first-order chi connectivity index (χ1) is 12.3. The zero-order valence-corrected chi connectivity index (χ0v) is 15.2. The van der Waals surface area contributed by atoms with Gasteiger partial charge in [0.25, 0.3) is 0 Å². The van der Waals surface area contributed by atoms with Crippen LogP contribution in [-0.2, 0) is 19.4 Å². The molecule has 0 bridgehead atoms. The first-order valence-corrected chi connectivity index (χ1v) is 10.3. The molecule has 144 valence electrons. The Morgan fingerprint density at radius 1 is 1.19 bits per heavy atom. The molecule has 1 unspecified atom stereocenters. The van der Waals surface area contributed by atoms with Crippen molar-refractivity contribution in [3.8, 4) is 0 Å². The fraction of sp³-hybridized carbons (Fsp3) is 0.529. The number of carbonyl (C=O) groups excluding carboxylic acids is 2. The van der Waals surface area contributed by atoms with Gasteiger partial charge in [0.2, 0.25) is 11.8 Å². The summed E-state index contributed by atoms with van der Waals surface area (Å²) in [6, 6.07) is 4.76. The predicted octanol–water partition coefficient (Wildman–Crippen LogP) is 0.942. The van der Waals surface area contributed by atoms with E-state index in [-0.39, 0.29) is 18.3 Å². The van der Waals surface area contributed by atoms with Crippen molar-refractivity contribution in [3.63, 3.8) is 0 Å². The smallest absolute Gasteiger partial charge is 0.239 e. The Morgan fingerprint density at radius 3 is 2.54 bits per heavy atom. The Kier molecular flexibility index (Phi) is 7.10. The monoisotopic (exact) mass is 386 g/mol. The lowest BCUT2D eigenvalue weighted by Crippen LogP contribution is -2.47. The highest BCUT2D eigenvalue weighted by molar-refractivity contribution is 7.92. The van der Waals surface area contributed by atoms with Crippen LogP contribution in [0.15, 0.2) is 24.3 Å². The number of piperidine rings is 1. The number of carbonyl (C=O) groups is 2. The third kappa shape index (κ3) is 6.06. The van der Waals surface area contributed by atoms with Gasteiger partial charge in [-0.05, 0) is 49.9 Å². The first kappa shape index (κ1) is 20.3. The lowest BCUT2D eigenvalue weighted by Gasteiger charge is -2.35. The number of hydrogen-bond acceptors (Lipinski definition) is 5. The summed E-state index contributed by atoms with van der Waals surface area (Å²) >= 11 is 0. The summed E-state index contributed by atoms with van der Waals surface area (Å²) in [5, 5.41) is 11.5. The van der Waals surface area contributed by atoms with Gasteiger partial charge in [-0.3, -0.25) is 9.59 Å². The minimum Gasteiger partial charge on any atom is -0.396 e. The normalized spacial score (nSPS) is 17.8. The zero-order valence-electron chi connectivity index (χ0n) is 14.4. The van der Waals surface area contributed by atoms with Crippen molar-refractivity contribution in [2.45, 2.75) is 31.7 Å². The number of nitrogens with zero attached hydrogens (tertiary/aromatic N) is 1. The third-order valence-electron chi connectivity index (χ3n) is 4.23. The van der Waals surface area contributed by atoms with Crippen LogP contribution in [-0.4, -0.2) is 60.9 Å². The largest absolute Gasteiger partial charge is 0.396 e. The number of hydrogen-bond donors (Lipinski definition) is 2. The number of aliphatic hydroxyl groups is 1. The van der Waals surface area contributed by atoms with Gasteiger partial charge in [-0.25, -0.2) is 12.8 Å². The molecule has 9 heteroatoms. The molecule has 1 heterocycles. The van der Waals surface area contributed by atoms with Gasteiger partial charge in [-0.15, -0.1) is 0 Å². The van der Waals surface area contributed by atoms with Crippen LogP contribution in [0.4, 0.5) is 10.1 Å². The SMILES string of the molecule is O=C(CS(=O)(=O)CC(=O)N1CCCCC1CCO)Nc1ccc(F)cc1. The van der Waals surface area contributed by atoms with Crippen molar-refractivity contribution in [2.24, 2.45) is 0 Å². The van der Waals surface area contributed by atoms with Crippen LogP contribution < -0.4 is 5.32 Å². The van der Waals surface area contributed by atoms with E-state index in [0.717, 1.165) is 31.4 Å². The fourth-order valence-corrected chi connectivity index (χ4v) is 4.15. The van der Waals surface area contributed by atoms with Crippen molar-refractivity contribution in [1.82, 2.24) is 4.90 Å². The van der Waals surface area contributed by atoms with E-state index in [1.807, 2.05) is 0 Å². The molecule has 2 rings (SSSR count). The summed E-state index contributed by atoms with van der Waals surface area (Å²) in [5.74, 6) is -3.37. The summed E-state index contributed by atoms with van der Waals surface area (Å²) in [5.41, 5.74) is 0.275.